The van der Waals surface area contributed by atoms with E-state index in [2.05, 4.69) is 11.4 Å². The summed E-state index contributed by atoms with van der Waals surface area (Å²) in [5.74, 6) is -0.498. The Balaban J connectivity index is 0.00000121. The zero-order valence-corrected chi connectivity index (χ0v) is 16.3. The topological polar surface area (TPSA) is 94.0 Å². The number of amides is 1. The van der Waals surface area contributed by atoms with Crippen molar-refractivity contribution >= 4 is 58.0 Å². The summed E-state index contributed by atoms with van der Waals surface area (Å²) in [6.45, 7) is 0.988. The summed E-state index contributed by atoms with van der Waals surface area (Å²) >= 11 is 1.28. The molecule has 1 unspecified atom stereocenters. The van der Waals surface area contributed by atoms with E-state index in [1.165, 1.54) is 11.3 Å². The van der Waals surface area contributed by atoms with Crippen LogP contribution in [0.3, 0.4) is 0 Å². The van der Waals surface area contributed by atoms with Gasteiger partial charge in [0.2, 0.25) is 0 Å². The molecule has 1 fully saturated rings. The fourth-order valence-electron chi connectivity index (χ4n) is 3.31. The third kappa shape index (κ3) is 3.50. The molecule has 1 aliphatic rings. The monoisotopic (exact) mass is 410 g/mol. The maximum atomic E-state index is 11.7. The van der Waals surface area contributed by atoms with Crippen LogP contribution in [0.1, 0.15) is 34.1 Å². The van der Waals surface area contributed by atoms with E-state index in [-0.39, 0.29) is 30.9 Å². The van der Waals surface area contributed by atoms with Gasteiger partial charge >= 0.3 is 0 Å². The first-order chi connectivity index (χ1) is 11.6. The summed E-state index contributed by atoms with van der Waals surface area (Å²) in [5.41, 5.74) is 15.2. The summed E-state index contributed by atoms with van der Waals surface area (Å²) < 4.78 is 0. The fraction of sp³-hybridized carbons (Fsp3) is 0.222. The minimum atomic E-state index is -0.498. The summed E-state index contributed by atoms with van der Waals surface area (Å²) in [6.07, 6.45) is 2.18. The van der Waals surface area contributed by atoms with Crippen LogP contribution >= 0.6 is 36.2 Å². The first-order valence-corrected chi connectivity index (χ1v) is 8.78. The number of primary amides is 1. The average molecular weight is 411 g/mol. The highest BCUT2D eigenvalue weighted by Crippen LogP contribution is 2.40. The number of benzene rings is 1. The molecular formula is C18H20Cl2N4OS. The van der Waals surface area contributed by atoms with Crippen LogP contribution in [0.5, 0.6) is 0 Å². The molecule has 8 heteroatoms. The lowest BCUT2D eigenvalue weighted by atomic mass is 9.99. The number of hydrogen-bond acceptors (Lipinski definition) is 5. The van der Waals surface area contributed by atoms with Crippen LogP contribution in [-0.2, 0) is 0 Å². The van der Waals surface area contributed by atoms with Crippen molar-refractivity contribution in [3.63, 3.8) is 0 Å². The van der Waals surface area contributed by atoms with E-state index >= 15 is 0 Å². The third-order valence-corrected chi connectivity index (χ3v) is 5.57. The molecule has 0 bridgehead atoms. The third-order valence-electron chi connectivity index (χ3n) is 4.46. The summed E-state index contributed by atoms with van der Waals surface area (Å²) in [7, 11) is 0. The Labute approximate surface area is 168 Å². The van der Waals surface area contributed by atoms with Gasteiger partial charge in [-0.05, 0) is 31.0 Å². The Morgan fingerprint density at radius 1 is 1.23 bits per heavy atom. The number of carbonyl (C=O) groups is 1. The summed E-state index contributed by atoms with van der Waals surface area (Å²) in [5, 5.41) is 4.38. The molecule has 2 aromatic heterocycles. The van der Waals surface area contributed by atoms with Crippen LogP contribution < -0.4 is 16.8 Å². The van der Waals surface area contributed by atoms with Gasteiger partial charge in [-0.3, -0.25) is 4.79 Å². The maximum absolute atomic E-state index is 11.7. The van der Waals surface area contributed by atoms with E-state index < -0.39 is 5.91 Å². The molecule has 0 saturated carbocycles. The van der Waals surface area contributed by atoms with E-state index in [1.807, 2.05) is 30.3 Å². The molecule has 3 aromatic rings. The molecule has 26 heavy (non-hydrogen) atoms. The quantitative estimate of drug-likeness (QED) is 0.609. The number of nitrogen functional groups attached to an aromatic ring is 1. The van der Waals surface area contributed by atoms with Crippen LogP contribution in [-0.4, -0.2) is 17.4 Å². The van der Waals surface area contributed by atoms with E-state index in [4.69, 9.17) is 16.5 Å². The smallest absolute Gasteiger partial charge is 0.260 e. The second-order valence-electron chi connectivity index (χ2n) is 6.00. The van der Waals surface area contributed by atoms with Crippen molar-refractivity contribution in [2.24, 2.45) is 5.73 Å². The van der Waals surface area contributed by atoms with Crippen molar-refractivity contribution in [2.45, 2.75) is 18.9 Å². The van der Waals surface area contributed by atoms with Gasteiger partial charge in [0.05, 0.1) is 11.4 Å². The first-order valence-electron chi connectivity index (χ1n) is 7.96. The molecule has 3 heterocycles. The number of thiophene rings is 1. The van der Waals surface area contributed by atoms with E-state index in [0.29, 0.717) is 10.6 Å². The molecule has 1 amide bonds. The molecule has 1 aromatic carbocycles. The Bertz CT molecular complexity index is 924. The van der Waals surface area contributed by atoms with Crippen LogP contribution in [0, 0.1) is 0 Å². The number of fused-ring (bicyclic) bond motifs is 1. The van der Waals surface area contributed by atoms with Gasteiger partial charge in [0.25, 0.3) is 5.91 Å². The Morgan fingerprint density at radius 3 is 2.58 bits per heavy atom. The predicted octanol–water partition coefficient (Wildman–Crippen LogP) is 3.91. The Kier molecular flexibility index (Phi) is 6.47. The van der Waals surface area contributed by atoms with Gasteiger partial charge in [-0.15, -0.1) is 36.2 Å². The number of pyridine rings is 1. The standard InChI is InChI=1S/C18H18N4OS.2ClH/c19-15-14-11(12-7-4-8-21-12)9-13(10-5-2-1-3-6-10)22-18(14)24-16(15)17(20)23;;/h1-3,5-6,9,12,21H,4,7-8,19H2,(H2,20,23);2*1H. The number of halogens is 2. The van der Waals surface area contributed by atoms with Gasteiger partial charge in [-0.1, -0.05) is 30.3 Å². The first kappa shape index (κ1) is 20.5. The highest BCUT2D eigenvalue weighted by atomic mass is 35.5. The van der Waals surface area contributed by atoms with Crippen molar-refractivity contribution in [2.75, 3.05) is 12.3 Å². The van der Waals surface area contributed by atoms with Gasteiger partial charge in [-0.2, -0.15) is 0 Å². The van der Waals surface area contributed by atoms with Crippen LogP contribution in [0.25, 0.3) is 21.5 Å². The van der Waals surface area contributed by atoms with Gasteiger partial charge in [0, 0.05) is 17.0 Å². The second kappa shape index (κ2) is 8.22. The summed E-state index contributed by atoms with van der Waals surface area (Å²) in [6, 6.07) is 12.4. The zero-order chi connectivity index (χ0) is 16.7. The Morgan fingerprint density at radius 2 is 1.96 bits per heavy atom. The average Bonchev–Trinajstić information content (AvgIpc) is 3.23. The van der Waals surface area contributed by atoms with Crippen LogP contribution in [0.15, 0.2) is 36.4 Å². The molecule has 4 rings (SSSR count). The van der Waals surface area contributed by atoms with Crippen molar-refractivity contribution < 1.29 is 4.79 Å². The normalized spacial score (nSPS) is 16.1. The van der Waals surface area contributed by atoms with E-state index in [1.54, 1.807) is 0 Å². The molecule has 1 atom stereocenters. The van der Waals surface area contributed by atoms with Gasteiger partial charge in [-0.25, -0.2) is 4.98 Å². The molecule has 0 aliphatic carbocycles. The highest BCUT2D eigenvalue weighted by molar-refractivity contribution is 7.21. The molecule has 0 radical (unpaired) electrons. The maximum Gasteiger partial charge on any atom is 0.260 e. The largest absolute Gasteiger partial charge is 0.397 e. The second-order valence-corrected chi connectivity index (χ2v) is 7.00. The molecule has 5 nitrogen and oxygen atoms in total. The molecule has 0 spiro atoms. The lowest BCUT2D eigenvalue weighted by molar-refractivity contribution is 0.100. The fourth-order valence-corrected chi connectivity index (χ4v) is 4.29. The minimum absolute atomic E-state index is 0. The zero-order valence-electron chi connectivity index (χ0n) is 13.9. The molecule has 5 N–H and O–H groups in total. The van der Waals surface area contributed by atoms with Gasteiger partial charge in [0.15, 0.2) is 0 Å². The SMILES string of the molecule is Cl.Cl.NC(=O)c1sc2nc(-c3ccccc3)cc(C3CCCN3)c2c1N. The number of anilines is 1. The van der Waals surface area contributed by atoms with Crippen LogP contribution in [0.4, 0.5) is 5.69 Å². The molecule has 1 saturated heterocycles. The minimum Gasteiger partial charge on any atom is -0.397 e. The Hall–Kier alpha value is -1.86. The van der Waals surface area contributed by atoms with Crippen molar-refractivity contribution in [1.82, 2.24) is 10.3 Å². The number of nitrogens with one attached hydrogen (secondary N) is 1. The number of nitrogens with zero attached hydrogens (tertiary/aromatic N) is 1. The predicted molar refractivity (Wildman–Crippen MR) is 112 cm³/mol. The van der Waals surface area contributed by atoms with Crippen molar-refractivity contribution in [3.8, 4) is 11.3 Å². The molecule has 1 aliphatic heterocycles. The lowest BCUT2D eigenvalue weighted by Gasteiger charge is -2.14. The number of carbonyl (C=O) groups excluding carboxylic acids is 1. The van der Waals surface area contributed by atoms with Crippen molar-refractivity contribution in [1.29, 1.82) is 0 Å². The number of aromatic nitrogens is 1. The number of rotatable bonds is 3. The van der Waals surface area contributed by atoms with Gasteiger partial charge in [0.1, 0.15) is 9.71 Å². The van der Waals surface area contributed by atoms with Crippen LogP contribution in [0.2, 0.25) is 0 Å². The van der Waals surface area contributed by atoms with E-state index in [9.17, 15) is 4.79 Å². The highest BCUT2D eigenvalue weighted by Gasteiger charge is 2.25. The number of nitrogens with two attached hydrogens (primary N) is 2. The van der Waals surface area contributed by atoms with E-state index in [0.717, 1.165) is 46.4 Å². The molecular weight excluding hydrogens is 391 g/mol. The van der Waals surface area contributed by atoms with Gasteiger partial charge < -0.3 is 16.8 Å². The lowest BCUT2D eigenvalue weighted by Crippen LogP contribution is -2.14. The molecule has 138 valence electrons. The number of hydrogen-bond donors (Lipinski definition) is 3. The summed E-state index contributed by atoms with van der Waals surface area (Å²) in [4.78, 5) is 17.6. The van der Waals surface area contributed by atoms with Crippen molar-refractivity contribution in [3.05, 3.63) is 46.8 Å².